The van der Waals surface area contributed by atoms with Crippen LogP contribution in [0.4, 0.5) is 0 Å². The maximum Gasteiger partial charge on any atom is 0.171 e. The lowest BCUT2D eigenvalue weighted by Gasteiger charge is -2.27. The summed E-state index contributed by atoms with van der Waals surface area (Å²) in [4.78, 5) is 13.1. The Morgan fingerprint density at radius 1 is 0.679 bits per heavy atom. The van der Waals surface area contributed by atoms with E-state index in [0.29, 0.717) is 18.4 Å². The van der Waals surface area contributed by atoms with E-state index in [9.17, 15) is 4.79 Å². The average molecular weight is 411 g/mol. The van der Waals surface area contributed by atoms with Gasteiger partial charge in [-0.25, -0.2) is 0 Å². The molecule has 0 N–H and O–H groups in total. The van der Waals surface area contributed by atoms with Crippen molar-refractivity contribution < 1.29 is 17.2 Å². The number of hydrogen-bond donors (Lipinski definition) is 0. The van der Waals surface area contributed by atoms with E-state index < -0.39 is 7.26 Å². The Kier molecular flexibility index (Phi) is 8.90. The first-order valence-electron chi connectivity index (χ1n) is 9.84. The molecule has 0 heterocycles. The molecule has 0 aliphatic carbocycles. The molecule has 0 aliphatic heterocycles. The van der Waals surface area contributed by atoms with E-state index in [1.807, 2.05) is 0 Å². The fraction of sp³-hybridized carbons (Fsp3) is 0.240. The van der Waals surface area contributed by atoms with Crippen LogP contribution in [0.1, 0.15) is 32.6 Å². The van der Waals surface area contributed by atoms with Crippen LogP contribution in [-0.4, -0.2) is 11.9 Å². The second-order valence-corrected chi connectivity index (χ2v) is 10.5. The van der Waals surface area contributed by atoms with E-state index >= 15 is 0 Å². The molecule has 3 rings (SSSR count). The molecule has 0 aromatic heterocycles. The van der Waals surface area contributed by atoms with Crippen LogP contribution in [-0.2, 0) is 4.79 Å². The van der Waals surface area contributed by atoms with Gasteiger partial charge in [-0.3, -0.25) is 4.79 Å². The summed E-state index contributed by atoms with van der Waals surface area (Å²) in [5.74, 6) is 0.383. The molecule has 0 radical (unpaired) electrons. The van der Waals surface area contributed by atoms with Crippen LogP contribution < -0.4 is 28.3 Å². The van der Waals surface area contributed by atoms with Gasteiger partial charge in [0.05, 0.1) is 0 Å². The van der Waals surface area contributed by atoms with Gasteiger partial charge in [0.2, 0.25) is 0 Å². The molecule has 0 aliphatic rings. The number of carbonyl (C=O) groups is 1. The van der Waals surface area contributed by atoms with Crippen molar-refractivity contribution >= 4 is 29.0 Å². The Morgan fingerprint density at radius 3 is 1.43 bits per heavy atom. The van der Waals surface area contributed by atoms with Gasteiger partial charge in [-0.2, -0.15) is 0 Å². The summed E-state index contributed by atoms with van der Waals surface area (Å²) >= 11 is 0. The maximum absolute atomic E-state index is 13.1. The Morgan fingerprint density at radius 2 is 1.07 bits per heavy atom. The standard InChI is InChI=1S/C25H28OP.ClH/c1-2-3-7-14-22(26)21-27(23-15-8-4-9-16-23,24-17-10-5-11-18-24)25-19-12-6-13-20-25;/h4-6,8-13,15-20H,2-3,7,14,21H2,1H3;1H/q+1;/p-1. The van der Waals surface area contributed by atoms with E-state index in [-0.39, 0.29) is 12.4 Å². The van der Waals surface area contributed by atoms with Gasteiger partial charge in [-0.1, -0.05) is 74.4 Å². The van der Waals surface area contributed by atoms with E-state index in [4.69, 9.17) is 0 Å². The van der Waals surface area contributed by atoms with E-state index in [1.54, 1.807) is 0 Å². The molecule has 0 saturated carbocycles. The van der Waals surface area contributed by atoms with Crippen LogP contribution in [0.15, 0.2) is 91.0 Å². The highest BCUT2D eigenvalue weighted by Crippen LogP contribution is 2.55. The van der Waals surface area contributed by atoms with Gasteiger partial charge in [-0.15, -0.1) is 0 Å². The fourth-order valence-electron chi connectivity index (χ4n) is 3.68. The van der Waals surface area contributed by atoms with Crippen LogP contribution in [0.25, 0.3) is 0 Å². The number of benzene rings is 3. The number of ketones is 1. The summed E-state index contributed by atoms with van der Waals surface area (Å²) in [5, 5.41) is 3.85. The number of unbranched alkanes of at least 4 members (excludes halogenated alkanes) is 2. The van der Waals surface area contributed by atoms with Gasteiger partial charge in [-0.05, 0) is 42.8 Å². The van der Waals surface area contributed by atoms with Crippen molar-refractivity contribution in [3.8, 4) is 0 Å². The topological polar surface area (TPSA) is 17.1 Å². The Balaban J connectivity index is 0.00000280. The summed E-state index contributed by atoms with van der Waals surface area (Å²) in [6, 6.07) is 31.9. The lowest BCUT2D eigenvalue weighted by Crippen LogP contribution is -3.00. The van der Waals surface area contributed by atoms with Crippen molar-refractivity contribution in [2.24, 2.45) is 0 Å². The molecule has 0 bridgehead atoms. The van der Waals surface area contributed by atoms with Crippen LogP contribution in [0.2, 0.25) is 0 Å². The summed E-state index contributed by atoms with van der Waals surface area (Å²) in [6.07, 6.45) is 4.55. The number of hydrogen-bond acceptors (Lipinski definition) is 1. The minimum Gasteiger partial charge on any atom is -1.00 e. The molecule has 3 heteroatoms. The van der Waals surface area contributed by atoms with E-state index in [0.717, 1.165) is 19.3 Å². The number of rotatable bonds is 9. The van der Waals surface area contributed by atoms with Crippen LogP contribution in [0, 0.1) is 0 Å². The number of halogens is 1. The molecule has 3 aromatic rings. The molecular formula is C25H28ClOP. The Labute approximate surface area is 175 Å². The molecule has 0 saturated heterocycles. The summed E-state index contributed by atoms with van der Waals surface area (Å²) in [5.41, 5.74) is 0. The number of Topliss-reactive ketones (excluding diaryl/α,β-unsaturated/α-hetero) is 1. The third-order valence-corrected chi connectivity index (χ3v) is 9.43. The third-order valence-electron chi connectivity index (χ3n) is 5.06. The molecule has 0 fully saturated rings. The van der Waals surface area contributed by atoms with Gasteiger partial charge in [0.15, 0.2) is 5.78 Å². The van der Waals surface area contributed by atoms with Crippen LogP contribution in [0.5, 0.6) is 0 Å². The van der Waals surface area contributed by atoms with Crippen LogP contribution >= 0.6 is 7.26 Å². The van der Waals surface area contributed by atoms with E-state index in [1.165, 1.54) is 15.9 Å². The molecule has 146 valence electrons. The first kappa shape index (κ1) is 22.3. The molecule has 3 aromatic carbocycles. The SMILES string of the molecule is CCCCCC(=O)C[P+](c1ccccc1)(c1ccccc1)c1ccccc1.[Cl-]. The van der Waals surface area contributed by atoms with Crippen molar-refractivity contribution in [3.63, 3.8) is 0 Å². The highest BCUT2D eigenvalue weighted by atomic mass is 35.5. The molecule has 1 nitrogen and oxygen atoms in total. The predicted molar refractivity (Wildman–Crippen MR) is 119 cm³/mol. The highest BCUT2D eigenvalue weighted by Gasteiger charge is 2.46. The molecule has 0 amide bonds. The normalized spacial score (nSPS) is 10.9. The quantitative estimate of drug-likeness (QED) is 0.390. The van der Waals surface area contributed by atoms with Crippen LogP contribution in [0.3, 0.4) is 0 Å². The number of carbonyl (C=O) groups excluding carboxylic acids is 1. The molecule has 0 atom stereocenters. The zero-order valence-corrected chi connectivity index (χ0v) is 18.1. The molecule has 0 unspecified atom stereocenters. The average Bonchev–Trinajstić information content (AvgIpc) is 2.74. The van der Waals surface area contributed by atoms with Crippen molar-refractivity contribution in [2.75, 3.05) is 6.16 Å². The lowest BCUT2D eigenvalue weighted by molar-refractivity contribution is -0.116. The molecular weight excluding hydrogens is 383 g/mol. The van der Waals surface area contributed by atoms with Crippen molar-refractivity contribution in [1.82, 2.24) is 0 Å². The minimum atomic E-state index is -2.01. The second-order valence-electron chi connectivity index (χ2n) is 6.97. The fourth-order valence-corrected chi connectivity index (χ4v) is 7.86. The summed E-state index contributed by atoms with van der Waals surface area (Å²) in [7, 11) is -2.01. The zero-order valence-electron chi connectivity index (χ0n) is 16.4. The van der Waals surface area contributed by atoms with Gasteiger partial charge in [0, 0.05) is 6.42 Å². The largest absolute Gasteiger partial charge is 1.00 e. The first-order chi connectivity index (χ1) is 13.3. The Hall–Kier alpha value is -1.95. The third kappa shape index (κ3) is 5.10. The van der Waals surface area contributed by atoms with Crippen molar-refractivity contribution in [2.45, 2.75) is 32.6 Å². The maximum atomic E-state index is 13.1. The minimum absolute atomic E-state index is 0. The van der Waals surface area contributed by atoms with Gasteiger partial charge in [0.25, 0.3) is 0 Å². The highest BCUT2D eigenvalue weighted by molar-refractivity contribution is 7.96. The summed E-state index contributed by atoms with van der Waals surface area (Å²) < 4.78 is 0. The second kappa shape index (κ2) is 11.1. The molecule has 0 spiro atoms. The van der Waals surface area contributed by atoms with E-state index in [2.05, 4.69) is 97.9 Å². The van der Waals surface area contributed by atoms with Crippen molar-refractivity contribution in [3.05, 3.63) is 91.0 Å². The predicted octanol–water partition coefficient (Wildman–Crippen LogP) is 2.13. The van der Waals surface area contributed by atoms with Gasteiger partial charge < -0.3 is 12.4 Å². The molecule has 28 heavy (non-hydrogen) atoms. The lowest BCUT2D eigenvalue weighted by atomic mass is 10.2. The van der Waals surface area contributed by atoms with Gasteiger partial charge >= 0.3 is 0 Å². The summed E-state index contributed by atoms with van der Waals surface area (Å²) in [6.45, 7) is 2.18. The first-order valence-corrected chi connectivity index (χ1v) is 11.8. The van der Waals surface area contributed by atoms with Crippen molar-refractivity contribution in [1.29, 1.82) is 0 Å². The van der Waals surface area contributed by atoms with Gasteiger partial charge in [0.1, 0.15) is 29.3 Å². The monoisotopic (exact) mass is 410 g/mol. The zero-order chi connectivity index (χ0) is 19.0. The smallest absolute Gasteiger partial charge is 0.171 e. The Bertz CT molecular complexity index is 738.